The van der Waals surface area contributed by atoms with E-state index in [1.54, 1.807) is 38.1 Å². The van der Waals surface area contributed by atoms with Gasteiger partial charge in [0.2, 0.25) is 20.0 Å². The summed E-state index contributed by atoms with van der Waals surface area (Å²) in [6.45, 7) is 3.30. The fourth-order valence-electron chi connectivity index (χ4n) is 2.51. The van der Waals surface area contributed by atoms with E-state index in [9.17, 15) is 16.8 Å². The second-order valence-corrected chi connectivity index (χ2v) is 11.0. The zero-order valence-corrected chi connectivity index (χ0v) is 18.9. The Bertz CT molecular complexity index is 1050. The highest BCUT2D eigenvalue weighted by Crippen LogP contribution is 2.32. The Balaban J connectivity index is 2.26. The van der Waals surface area contributed by atoms with Crippen molar-refractivity contribution in [1.82, 2.24) is 9.44 Å². The van der Waals surface area contributed by atoms with Crippen molar-refractivity contribution in [2.75, 3.05) is 0 Å². The minimum atomic E-state index is -4.05. The Morgan fingerprint density at radius 1 is 0.929 bits per heavy atom. The van der Waals surface area contributed by atoms with Crippen molar-refractivity contribution in [2.45, 2.75) is 37.1 Å². The second-order valence-electron chi connectivity index (χ2n) is 6.32. The van der Waals surface area contributed by atoms with Gasteiger partial charge in [-0.25, -0.2) is 26.3 Å². The minimum Gasteiger partial charge on any atom is -0.212 e. The Morgan fingerprint density at radius 3 is 2.00 bits per heavy atom. The Kier molecular flexibility index (Phi) is 7.77. The normalized spacial score (nSPS) is 12.5. The van der Waals surface area contributed by atoms with Gasteiger partial charge in [0.25, 0.3) is 0 Å². The van der Waals surface area contributed by atoms with E-state index in [0.29, 0.717) is 11.1 Å². The van der Waals surface area contributed by atoms with Gasteiger partial charge in [-0.05, 0) is 37.1 Å². The monoisotopic (exact) mass is 484 g/mol. The van der Waals surface area contributed by atoms with Crippen LogP contribution in [-0.2, 0) is 32.3 Å². The maximum atomic E-state index is 12.6. The summed E-state index contributed by atoms with van der Waals surface area (Å²) in [6, 6.07) is 8.97. The highest BCUT2D eigenvalue weighted by Gasteiger charge is 2.23. The van der Waals surface area contributed by atoms with Crippen molar-refractivity contribution in [1.29, 1.82) is 0 Å². The van der Waals surface area contributed by atoms with Crippen LogP contribution in [-0.4, -0.2) is 22.9 Å². The van der Waals surface area contributed by atoms with Crippen LogP contribution in [0.25, 0.3) is 0 Å². The van der Waals surface area contributed by atoms with Crippen LogP contribution in [0.2, 0.25) is 15.1 Å². The van der Waals surface area contributed by atoms with E-state index in [1.807, 2.05) is 0 Å². The van der Waals surface area contributed by atoms with Crippen LogP contribution in [0.3, 0.4) is 0 Å². The minimum absolute atomic E-state index is 0.109. The number of halogens is 3. The van der Waals surface area contributed by atoms with Gasteiger partial charge in [-0.15, -0.1) is 0 Å². The molecule has 0 aliphatic heterocycles. The molecule has 154 valence electrons. The number of rotatable bonds is 8. The molecule has 0 aliphatic carbocycles. The van der Waals surface area contributed by atoms with Crippen LogP contribution in [0.5, 0.6) is 0 Å². The molecule has 2 N–H and O–H groups in total. The van der Waals surface area contributed by atoms with Crippen molar-refractivity contribution < 1.29 is 16.8 Å². The van der Waals surface area contributed by atoms with Crippen LogP contribution < -0.4 is 9.44 Å². The Hall–Kier alpha value is -0.870. The third-order valence-electron chi connectivity index (χ3n) is 3.56. The predicted molar refractivity (Wildman–Crippen MR) is 113 cm³/mol. The summed E-state index contributed by atoms with van der Waals surface area (Å²) >= 11 is 17.8. The molecule has 28 heavy (non-hydrogen) atoms. The summed E-state index contributed by atoms with van der Waals surface area (Å²) in [5.41, 5.74) is 0.994. The number of sulfonamides is 2. The number of hydrogen-bond acceptors (Lipinski definition) is 4. The van der Waals surface area contributed by atoms with Crippen molar-refractivity contribution in [2.24, 2.45) is 0 Å². The fourth-order valence-corrected chi connectivity index (χ4v) is 6.55. The molecule has 0 heterocycles. The van der Waals surface area contributed by atoms with E-state index in [4.69, 9.17) is 34.8 Å². The Labute approximate surface area is 180 Å². The van der Waals surface area contributed by atoms with Gasteiger partial charge in [0.1, 0.15) is 4.90 Å². The van der Waals surface area contributed by atoms with Gasteiger partial charge >= 0.3 is 0 Å². The molecule has 0 spiro atoms. The number of benzene rings is 2. The number of nitrogens with one attached hydrogen (secondary N) is 2. The molecular formula is C17H19Cl3N2O4S2. The summed E-state index contributed by atoms with van der Waals surface area (Å²) in [6.07, 6.45) is 0. The zero-order chi connectivity index (χ0) is 21.1. The molecule has 0 amide bonds. The van der Waals surface area contributed by atoms with Crippen molar-refractivity contribution in [3.05, 3.63) is 62.6 Å². The molecular weight excluding hydrogens is 467 g/mol. The zero-order valence-electron chi connectivity index (χ0n) is 15.0. The van der Waals surface area contributed by atoms with Crippen LogP contribution >= 0.6 is 34.8 Å². The predicted octanol–water partition coefficient (Wildman–Crippen LogP) is 3.95. The first-order valence-electron chi connectivity index (χ1n) is 8.12. The molecule has 6 nitrogen and oxygen atoms in total. The van der Waals surface area contributed by atoms with E-state index >= 15 is 0 Å². The van der Waals surface area contributed by atoms with E-state index in [-0.39, 0.29) is 38.3 Å². The molecule has 0 unspecified atom stereocenters. The molecule has 0 radical (unpaired) electrons. The van der Waals surface area contributed by atoms with Gasteiger partial charge in [0, 0.05) is 17.6 Å². The highest BCUT2D eigenvalue weighted by molar-refractivity contribution is 7.89. The van der Waals surface area contributed by atoms with Crippen molar-refractivity contribution in [3.63, 3.8) is 0 Å². The van der Waals surface area contributed by atoms with Crippen molar-refractivity contribution in [3.8, 4) is 0 Å². The fraction of sp³-hybridized carbons (Fsp3) is 0.294. The molecule has 2 aromatic carbocycles. The highest BCUT2D eigenvalue weighted by atomic mass is 35.5. The Morgan fingerprint density at radius 2 is 1.46 bits per heavy atom. The topological polar surface area (TPSA) is 92.3 Å². The SMILES string of the molecule is CC(C)NS(=O)(=O)Cc1ccccc1CNS(=O)(=O)c1c(Cl)cc(Cl)cc1Cl. The summed E-state index contributed by atoms with van der Waals surface area (Å²) in [7, 11) is -7.62. The second kappa shape index (κ2) is 9.30. The third kappa shape index (κ3) is 6.32. The van der Waals surface area contributed by atoms with Crippen LogP contribution in [0, 0.1) is 0 Å². The average molecular weight is 486 g/mol. The standard InChI is InChI=1S/C17H19Cl3N2O4S2/c1-11(2)22-27(23,24)10-13-6-4-3-5-12(13)9-21-28(25,26)17-15(19)7-14(18)8-16(17)20/h3-8,11,21-22H,9-10H2,1-2H3. The first-order valence-corrected chi connectivity index (χ1v) is 12.4. The largest absolute Gasteiger partial charge is 0.243 e. The van der Waals surface area contributed by atoms with Gasteiger partial charge < -0.3 is 0 Å². The van der Waals surface area contributed by atoms with E-state index in [1.165, 1.54) is 12.1 Å². The quantitative estimate of drug-likeness (QED) is 0.592. The molecule has 0 saturated heterocycles. The third-order valence-corrected chi connectivity index (χ3v) is 7.63. The molecule has 2 aromatic rings. The van der Waals surface area contributed by atoms with Gasteiger partial charge in [-0.3, -0.25) is 0 Å². The van der Waals surface area contributed by atoms with Crippen molar-refractivity contribution >= 4 is 54.8 Å². The summed E-state index contributed by atoms with van der Waals surface area (Å²) in [4.78, 5) is -0.285. The van der Waals surface area contributed by atoms with Gasteiger partial charge in [-0.1, -0.05) is 59.1 Å². The van der Waals surface area contributed by atoms with Crippen LogP contribution in [0.4, 0.5) is 0 Å². The first kappa shape index (κ1) is 23.4. The molecule has 0 atom stereocenters. The lowest BCUT2D eigenvalue weighted by Gasteiger charge is -2.14. The first-order chi connectivity index (χ1) is 12.9. The smallest absolute Gasteiger partial charge is 0.212 e. The molecule has 2 rings (SSSR count). The van der Waals surface area contributed by atoms with Gasteiger partial charge in [-0.2, -0.15) is 0 Å². The van der Waals surface area contributed by atoms with E-state index < -0.39 is 20.0 Å². The molecule has 0 saturated carbocycles. The van der Waals surface area contributed by atoms with Gasteiger partial charge in [0.05, 0.1) is 15.8 Å². The summed E-state index contributed by atoms with van der Waals surface area (Å²) in [5.74, 6) is -0.272. The van der Waals surface area contributed by atoms with E-state index in [0.717, 1.165) is 0 Å². The summed E-state index contributed by atoms with van der Waals surface area (Å²) < 4.78 is 54.6. The van der Waals surface area contributed by atoms with Gasteiger partial charge in [0.15, 0.2) is 0 Å². The molecule has 0 aromatic heterocycles. The maximum Gasteiger partial charge on any atom is 0.243 e. The maximum absolute atomic E-state index is 12.6. The summed E-state index contributed by atoms with van der Waals surface area (Å²) in [5, 5.41) is -0.00820. The molecule has 0 aliphatic rings. The lowest BCUT2D eigenvalue weighted by atomic mass is 10.1. The molecule has 11 heteroatoms. The van der Waals surface area contributed by atoms with E-state index in [2.05, 4.69) is 9.44 Å². The number of hydrogen-bond donors (Lipinski definition) is 2. The molecule has 0 bridgehead atoms. The van der Waals surface area contributed by atoms with Crippen LogP contribution in [0.1, 0.15) is 25.0 Å². The molecule has 0 fully saturated rings. The lowest BCUT2D eigenvalue weighted by molar-refractivity contribution is 0.568. The van der Waals surface area contributed by atoms with Crippen LogP contribution in [0.15, 0.2) is 41.3 Å². The lowest BCUT2D eigenvalue weighted by Crippen LogP contribution is -2.32. The average Bonchev–Trinajstić information content (AvgIpc) is 2.51.